The Bertz CT molecular complexity index is 623. The van der Waals surface area contributed by atoms with Crippen LogP contribution in [0.25, 0.3) is 0 Å². The topological polar surface area (TPSA) is 52.6 Å². The fourth-order valence-corrected chi connectivity index (χ4v) is 2.14. The Hall–Kier alpha value is -1.73. The normalized spacial score (nSPS) is 10.2. The summed E-state index contributed by atoms with van der Waals surface area (Å²) in [7, 11) is 0. The van der Waals surface area contributed by atoms with Crippen LogP contribution in [-0.4, -0.2) is 29.4 Å². The standard InChI is InChI=1S/C17H15IO4/c18-12-21-10-11-22-15-8-6-14(7-9-15)17(20)16(19)13-4-2-1-3-5-13/h1-9H,10-12H2. The Morgan fingerprint density at radius 2 is 1.41 bits per heavy atom. The molecule has 0 spiro atoms. The largest absolute Gasteiger partial charge is 0.491 e. The molecule has 114 valence electrons. The van der Waals surface area contributed by atoms with Gasteiger partial charge in [-0.2, -0.15) is 0 Å². The van der Waals surface area contributed by atoms with Crippen LogP contribution in [0.15, 0.2) is 54.6 Å². The van der Waals surface area contributed by atoms with Gasteiger partial charge in [-0.15, -0.1) is 0 Å². The van der Waals surface area contributed by atoms with Gasteiger partial charge in [-0.05, 0) is 24.3 Å². The van der Waals surface area contributed by atoms with Gasteiger partial charge in [-0.25, -0.2) is 0 Å². The molecule has 2 rings (SSSR count). The van der Waals surface area contributed by atoms with E-state index in [0.717, 1.165) is 0 Å². The lowest BCUT2D eigenvalue weighted by molar-refractivity contribution is 0.0817. The first-order chi connectivity index (χ1) is 10.7. The van der Waals surface area contributed by atoms with E-state index < -0.39 is 11.6 Å². The van der Waals surface area contributed by atoms with Crippen molar-refractivity contribution in [3.05, 3.63) is 65.7 Å². The first-order valence-corrected chi connectivity index (χ1v) is 8.25. The molecule has 0 aromatic heterocycles. The summed E-state index contributed by atoms with van der Waals surface area (Å²) in [5, 5.41) is 0. The van der Waals surface area contributed by atoms with Crippen molar-refractivity contribution in [2.45, 2.75) is 0 Å². The highest BCUT2D eigenvalue weighted by Gasteiger charge is 2.17. The zero-order valence-corrected chi connectivity index (χ0v) is 14.0. The van der Waals surface area contributed by atoms with E-state index in [1.807, 2.05) is 0 Å². The fraction of sp³-hybridized carbons (Fsp3) is 0.176. The maximum absolute atomic E-state index is 12.1. The second kappa shape index (κ2) is 8.65. The molecule has 0 saturated carbocycles. The van der Waals surface area contributed by atoms with Crippen LogP contribution >= 0.6 is 22.6 Å². The molecule has 0 unspecified atom stereocenters. The summed E-state index contributed by atoms with van der Waals surface area (Å²) in [6, 6.07) is 15.1. The second-order valence-electron chi connectivity index (χ2n) is 4.41. The molecule has 0 aliphatic heterocycles. The molecule has 0 aliphatic carbocycles. The molecule has 2 aromatic carbocycles. The molecule has 0 saturated heterocycles. The Morgan fingerprint density at radius 3 is 2.00 bits per heavy atom. The molecule has 0 N–H and O–H groups in total. The smallest absolute Gasteiger partial charge is 0.233 e. The summed E-state index contributed by atoms with van der Waals surface area (Å²) in [6.45, 7) is 0.954. The quantitative estimate of drug-likeness (QED) is 0.220. The Labute approximate surface area is 142 Å². The van der Waals surface area contributed by atoms with Gasteiger partial charge in [-0.3, -0.25) is 9.59 Å². The van der Waals surface area contributed by atoms with Crippen molar-refractivity contribution in [2.24, 2.45) is 0 Å². The van der Waals surface area contributed by atoms with Gasteiger partial charge in [0, 0.05) is 11.1 Å². The van der Waals surface area contributed by atoms with Gasteiger partial charge in [0.2, 0.25) is 11.6 Å². The molecule has 2 aromatic rings. The molecule has 0 radical (unpaired) electrons. The fourth-order valence-electron chi connectivity index (χ4n) is 1.83. The highest BCUT2D eigenvalue weighted by molar-refractivity contribution is 14.1. The van der Waals surface area contributed by atoms with Gasteiger partial charge in [-0.1, -0.05) is 52.9 Å². The first kappa shape index (κ1) is 16.6. The van der Waals surface area contributed by atoms with Crippen molar-refractivity contribution in [3.63, 3.8) is 0 Å². The maximum Gasteiger partial charge on any atom is 0.233 e. The number of ketones is 2. The Balaban J connectivity index is 1.98. The third-order valence-corrected chi connectivity index (χ3v) is 3.37. The zero-order chi connectivity index (χ0) is 15.8. The predicted octanol–water partition coefficient (Wildman–Crippen LogP) is 3.54. The molecule has 0 fully saturated rings. The number of alkyl halides is 1. The Morgan fingerprint density at radius 1 is 0.818 bits per heavy atom. The van der Waals surface area contributed by atoms with E-state index in [1.165, 1.54) is 0 Å². The number of halogens is 1. The van der Waals surface area contributed by atoms with Gasteiger partial charge >= 0.3 is 0 Å². The van der Waals surface area contributed by atoms with E-state index in [2.05, 4.69) is 22.6 Å². The van der Waals surface area contributed by atoms with Crippen LogP contribution < -0.4 is 4.74 Å². The molecule has 0 bridgehead atoms. The zero-order valence-electron chi connectivity index (χ0n) is 11.8. The minimum absolute atomic E-state index is 0.352. The van der Waals surface area contributed by atoms with E-state index in [1.54, 1.807) is 54.6 Å². The maximum atomic E-state index is 12.1. The number of ether oxygens (including phenoxy) is 2. The lowest BCUT2D eigenvalue weighted by Crippen LogP contribution is -2.14. The van der Waals surface area contributed by atoms with Crippen LogP contribution in [-0.2, 0) is 4.74 Å². The minimum atomic E-state index is -0.522. The molecule has 5 heteroatoms. The van der Waals surface area contributed by atoms with Gasteiger partial charge in [0.25, 0.3) is 0 Å². The molecule has 22 heavy (non-hydrogen) atoms. The van der Waals surface area contributed by atoms with E-state index in [4.69, 9.17) is 9.47 Å². The lowest BCUT2D eigenvalue weighted by Gasteiger charge is -2.06. The number of carbonyl (C=O) groups is 2. The van der Waals surface area contributed by atoms with Crippen molar-refractivity contribution in [2.75, 3.05) is 17.8 Å². The monoisotopic (exact) mass is 410 g/mol. The third-order valence-electron chi connectivity index (χ3n) is 2.93. The highest BCUT2D eigenvalue weighted by Crippen LogP contribution is 2.14. The van der Waals surface area contributed by atoms with Gasteiger partial charge < -0.3 is 9.47 Å². The average molecular weight is 410 g/mol. The van der Waals surface area contributed by atoms with Crippen LogP contribution in [0.5, 0.6) is 5.75 Å². The number of Topliss-reactive ketones (excluding diaryl/α,β-unsaturated/α-hetero) is 2. The van der Waals surface area contributed by atoms with Crippen LogP contribution in [0.3, 0.4) is 0 Å². The van der Waals surface area contributed by atoms with Gasteiger partial charge in [0.1, 0.15) is 12.4 Å². The summed E-state index contributed by atoms with van der Waals surface area (Å²) in [5.41, 5.74) is 0.744. The van der Waals surface area contributed by atoms with E-state index in [9.17, 15) is 9.59 Å². The van der Waals surface area contributed by atoms with Crippen molar-refractivity contribution < 1.29 is 19.1 Å². The number of rotatable bonds is 8. The van der Waals surface area contributed by atoms with Crippen molar-refractivity contribution in [1.29, 1.82) is 0 Å². The highest BCUT2D eigenvalue weighted by atomic mass is 127. The molecule has 0 aliphatic rings. The average Bonchev–Trinajstić information content (AvgIpc) is 2.59. The second-order valence-corrected chi connectivity index (χ2v) is 5.04. The minimum Gasteiger partial charge on any atom is -0.491 e. The summed E-state index contributed by atoms with van der Waals surface area (Å²) < 4.78 is 11.2. The van der Waals surface area contributed by atoms with Crippen molar-refractivity contribution >= 4 is 34.2 Å². The molecule has 0 amide bonds. The number of hydrogen-bond donors (Lipinski definition) is 0. The van der Waals surface area contributed by atoms with Crippen LogP contribution in [0, 0.1) is 0 Å². The molecular weight excluding hydrogens is 395 g/mol. The van der Waals surface area contributed by atoms with Crippen LogP contribution in [0.4, 0.5) is 0 Å². The van der Waals surface area contributed by atoms with Crippen LogP contribution in [0.1, 0.15) is 20.7 Å². The lowest BCUT2D eigenvalue weighted by atomic mass is 10.0. The van der Waals surface area contributed by atoms with Crippen LogP contribution in [0.2, 0.25) is 0 Å². The van der Waals surface area contributed by atoms with Gasteiger partial charge in [0.15, 0.2) is 0 Å². The van der Waals surface area contributed by atoms with Crippen molar-refractivity contribution in [3.8, 4) is 5.75 Å². The first-order valence-electron chi connectivity index (χ1n) is 6.73. The molecular formula is C17H15IO4. The third kappa shape index (κ3) is 4.64. The molecule has 0 heterocycles. The van der Waals surface area contributed by atoms with E-state index in [-0.39, 0.29) is 0 Å². The number of hydrogen-bond acceptors (Lipinski definition) is 4. The summed E-state index contributed by atoms with van der Waals surface area (Å²) >= 11 is 2.12. The molecule has 0 atom stereocenters. The Kier molecular flexibility index (Phi) is 6.54. The summed E-state index contributed by atoms with van der Waals surface area (Å²) in [6.07, 6.45) is 0. The van der Waals surface area contributed by atoms with Crippen molar-refractivity contribution in [1.82, 2.24) is 0 Å². The summed E-state index contributed by atoms with van der Waals surface area (Å²) in [5.74, 6) is -0.392. The van der Waals surface area contributed by atoms with E-state index >= 15 is 0 Å². The summed E-state index contributed by atoms with van der Waals surface area (Å²) in [4.78, 5) is 24.2. The SMILES string of the molecule is O=C(C(=O)c1ccc(OCCOCI)cc1)c1ccccc1. The number of benzene rings is 2. The van der Waals surface area contributed by atoms with Gasteiger partial charge in [0.05, 0.1) is 11.2 Å². The van der Waals surface area contributed by atoms with E-state index in [0.29, 0.717) is 34.7 Å². The predicted molar refractivity (Wildman–Crippen MR) is 91.9 cm³/mol. The number of carbonyl (C=O) groups excluding carboxylic acids is 2. The molecule has 4 nitrogen and oxygen atoms in total.